The van der Waals surface area contributed by atoms with E-state index in [9.17, 15) is 4.79 Å². The number of quaternary nitrogens is 1. The molecule has 1 fully saturated rings. The Morgan fingerprint density at radius 2 is 1.79 bits per heavy atom. The second-order valence-electron chi connectivity index (χ2n) is 5.44. The van der Waals surface area contributed by atoms with E-state index in [0.717, 1.165) is 37.5 Å². The van der Waals surface area contributed by atoms with Crippen LogP contribution in [0.2, 0.25) is 0 Å². The van der Waals surface area contributed by atoms with Gasteiger partial charge < -0.3 is 14.5 Å². The zero-order valence-electron chi connectivity index (χ0n) is 12.0. The maximum absolute atomic E-state index is 12.3. The number of rotatable bonds is 3. The molecule has 1 saturated heterocycles. The summed E-state index contributed by atoms with van der Waals surface area (Å²) in [6.07, 6.45) is 0.155. The molecule has 0 bridgehead atoms. The number of carbonyl (C=O) groups excluding carboxylic acids is 1. The SMILES string of the molecule is CC(C)Oc1ccc(C(=O)N2CC[NH+](C)CC2)cc1. The molecule has 0 unspecified atom stereocenters. The largest absolute Gasteiger partial charge is 0.491 e. The lowest BCUT2D eigenvalue weighted by molar-refractivity contribution is -0.883. The first-order valence-corrected chi connectivity index (χ1v) is 6.93. The molecule has 0 aromatic heterocycles. The summed E-state index contributed by atoms with van der Waals surface area (Å²) in [7, 11) is 2.17. The lowest BCUT2D eigenvalue weighted by Crippen LogP contribution is -3.12. The third kappa shape index (κ3) is 3.70. The van der Waals surface area contributed by atoms with Crippen LogP contribution in [0.4, 0.5) is 0 Å². The molecular weight excluding hydrogens is 240 g/mol. The van der Waals surface area contributed by atoms with Crippen molar-refractivity contribution in [2.45, 2.75) is 20.0 Å². The summed E-state index contributed by atoms with van der Waals surface area (Å²) in [6.45, 7) is 7.72. The van der Waals surface area contributed by atoms with Gasteiger partial charge in [-0.25, -0.2) is 0 Å². The lowest BCUT2D eigenvalue weighted by Gasteiger charge is -2.30. The summed E-state index contributed by atoms with van der Waals surface area (Å²) < 4.78 is 5.58. The monoisotopic (exact) mass is 263 g/mol. The van der Waals surface area contributed by atoms with Gasteiger partial charge in [0, 0.05) is 5.56 Å². The molecular formula is C15H23N2O2+. The second kappa shape index (κ2) is 6.06. The van der Waals surface area contributed by atoms with E-state index in [1.165, 1.54) is 4.90 Å². The number of likely N-dealkylation sites (N-methyl/N-ethyl adjacent to an activating group) is 1. The molecule has 19 heavy (non-hydrogen) atoms. The van der Waals surface area contributed by atoms with Crippen molar-refractivity contribution in [1.29, 1.82) is 0 Å². The van der Waals surface area contributed by atoms with E-state index in [1.807, 2.05) is 43.0 Å². The van der Waals surface area contributed by atoms with Gasteiger partial charge in [-0.2, -0.15) is 0 Å². The Hall–Kier alpha value is -1.55. The van der Waals surface area contributed by atoms with Crippen molar-refractivity contribution >= 4 is 5.91 Å². The molecule has 1 amide bonds. The van der Waals surface area contributed by atoms with Gasteiger partial charge in [-0.3, -0.25) is 4.79 Å². The molecule has 104 valence electrons. The molecule has 1 aliphatic rings. The normalized spacial score (nSPS) is 16.7. The highest BCUT2D eigenvalue weighted by atomic mass is 16.5. The van der Waals surface area contributed by atoms with Gasteiger partial charge in [-0.1, -0.05) is 0 Å². The van der Waals surface area contributed by atoms with Gasteiger partial charge in [-0.05, 0) is 38.1 Å². The molecule has 1 aromatic rings. The maximum Gasteiger partial charge on any atom is 0.254 e. The quantitative estimate of drug-likeness (QED) is 0.859. The van der Waals surface area contributed by atoms with Crippen LogP contribution in [-0.4, -0.2) is 50.1 Å². The van der Waals surface area contributed by atoms with E-state index in [0.29, 0.717) is 0 Å². The minimum atomic E-state index is 0.128. The van der Waals surface area contributed by atoms with Crippen LogP contribution in [-0.2, 0) is 0 Å². The Morgan fingerprint density at radius 3 is 2.32 bits per heavy atom. The fourth-order valence-corrected chi connectivity index (χ4v) is 2.22. The van der Waals surface area contributed by atoms with Crippen molar-refractivity contribution in [3.05, 3.63) is 29.8 Å². The Morgan fingerprint density at radius 1 is 1.21 bits per heavy atom. The predicted molar refractivity (Wildman–Crippen MR) is 74.7 cm³/mol. The molecule has 1 N–H and O–H groups in total. The summed E-state index contributed by atoms with van der Waals surface area (Å²) in [6, 6.07) is 7.44. The van der Waals surface area contributed by atoms with Gasteiger partial charge in [0.05, 0.1) is 39.3 Å². The van der Waals surface area contributed by atoms with E-state index in [4.69, 9.17) is 4.74 Å². The maximum atomic E-state index is 12.3. The fourth-order valence-electron chi connectivity index (χ4n) is 2.22. The Kier molecular flexibility index (Phi) is 4.43. The van der Waals surface area contributed by atoms with Crippen molar-refractivity contribution in [2.75, 3.05) is 33.2 Å². The average Bonchev–Trinajstić information content (AvgIpc) is 2.39. The molecule has 0 atom stereocenters. The zero-order chi connectivity index (χ0) is 13.8. The Balaban J connectivity index is 1.99. The highest BCUT2D eigenvalue weighted by Gasteiger charge is 2.22. The zero-order valence-corrected chi connectivity index (χ0v) is 12.0. The highest BCUT2D eigenvalue weighted by Crippen LogP contribution is 2.15. The minimum absolute atomic E-state index is 0.128. The summed E-state index contributed by atoms with van der Waals surface area (Å²) in [5.41, 5.74) is 0.746. The summed E-state index contributed by atoms with van der Waals surface area (Å²) in [5, 5.41) is 0. The number of nitrogens with zero attached hydrogens (tertiary/aromatic N) is 1. The van der Waals surface area contributed by atoms with Crippen molar-refractivity contribution in [3.63, 3.8) is 0 Å². The van der Waals surface area contributed by atoms with Crippen LogP contribution in [0, 0.1) is 0 Å². The number of nitrogens with one attached hydrogen (secondary N) is 1. The minimum Gasteiger partial charge on any atom is -0.491 e. The number of benzene rings is 1. The van der Waals surface area contributed by atoms with E-state index in [1.54, 1.807) is 0 Å². The Labute approximate surface area is 115 Å². The topological polar surface area (TPSA) is 34.0 Å². The van der Waals surface area contributed by atoms with E-state index in [-0.39, 0.29) is 12.0 Å². The molecule has 1 aliphatic heterocycles. The number of hydrogen-bond donors (Lipinski definition) is 1. The molecule has 0 saturated carbocycles. The number of hydrogen-bond acceptors (Lipinski definition) is 2. The van der Waals surface area contributed by atoms with Gasteiger partial charge >= 0.3 is 0 Å². The third-order valence-corrected chi connectivity index (χ3v) is 3.38. The fraction of sp³-hybridized carbons (Fsp3) is 0.533. The van der Waals surface area contributed by atoms with E-state index in [2.05, 4.69) is 7.05 Å². The average molecular weight is 263 g/mol. The summed E-state index contributed by atoms with van der Waals surface area (Å²) in [5.74, 6) is 0.943. The second-order valence-corrected chi connectivity index (χ2v) is 5.44. The molecule has 0 spiro atoms. The van der Waals surface area contributed by atoms with Crippen LogP contribution in [0.1, 0.15) is 24.2 Å². The van der Waals surface area contributed by atoms with Gasteiger partial charge in [0.2, 0.25) is 0 Å². The highest BCUT2D eigenvalue weighted by molar-refractivity contribution is 5.94. The van der Waals surface area contributed by atoms with Crippen LogP contribution in [0.3, 0.4) is 0 Å². The van der Waals surface area contributed by atoms with E-state index >= 15 is 0 Å². The molecule has 1 aromatic carbocycles. The van der Waals surface area contributed by atoms with Crippen LogP contribution in [0.5, 0.6) is 5.75 Å². The smallest absolute Gasteiger partial charge is 0.254 e. The standard InChI is InChI=1S/C15H22N2O2/c1-12(2)19-14-6-4-13(5-7-14)15(18)17-10-8-16(3)9-11-17/h4-7,12H,8-11H2,1-3H3/p+1. The van der Waals surface area contributed by atoms with Gasteiger partial charge in [0.15, 0.2) is 0 Å². The summed E-state index contributed by atoms with van der Waals surface area (Å²) in [4.78, 5) is 15.7. The first-order chi connectivity index (χ1) is 9.06. The molecule has 2 rings (SSSR count). The van der Waals surface area contributed by atoms with Gasteiger partial charge in [0.25, 0.3) is 5.91 Å². The van der Waals surface area contributed by atoms with E-state index < -0.39 is 0 Å². The first-order valence-electron chi connectivity index (χ1n) is 6.93. The molecule has 4 nitrogen and oxygen atoms in total. The predicted octanol–water partition coefficient (Wildman–Crippen LogP) is 0.444. The van der Waals surface area contributed by atoms with Crippen LogP contribution in [0.25, 0.3) is 0 Å². The van der Waals surface area contributed by atoms with Crippen LogP contribution in [0.15, 0.2) is 24.3 Å². The molecule has 4 heteroatoms. The first kappa shape index (κ1) is 13.9. The van der Waals surface area contributed by atoms with Crippen molar-refractivity contribution in [1.82, 2.24) is 4.90 Å². The third-order valence-electron chi connectivity index (χ3n) is 3.38. The summed E-state index contributed by atoms with van der Waals surface area (Å²) >= 11 is 0. The number of amides is 1. The number of carbonyl (C=O) groups is 1. The van der Waals surface area contributed by atoms with Crippen LogP contribution >= 0.6 is 0 Å². The molecule has 0 aliphatic carbocycles. The van der Waals surface area contributed by atoms with Crippen molar-refractivity contribution < 1.29 is 14.4 Å². The number of ether oxygens (including phenoxy) is 1. The van der Waals surface area contributed by atoms with Crippen molar-refractivity contribution in [2.24, 2.45) is 0 Å². The van der Waals surface area contributed by atoms with Gasteiger partial charge in [0.1, 0.15) is 5.75 Å². The molecule has 1 heterocycles. The van der Waals surface area contributed by atoms with Crippen molar-refractivity contribution in [3.8, 4) is 5.75 Å². The number of piperazine rings is 1. The lowest BCUT2D eigenvalue weighted by atomic mass is 10.1. The molecule has 0 radical (unpaired) electrons. The van der Waals surface area contributed by atoms with Gasteiger partial charge in [-0.15, -0.1) is 0 Å². The Bertz CT molecular complexity index is 420. The van der Waals surface area contributed by atoms with Crippen LogP contribution < -0.4 is 9.64 Å².